The molecule has 114 valence electrons. The summed E-state index contributed by atoms with van der Waals surface area (Å²) in [6, 6.07) is 4.02. The Labute approximate surface area is 127 Å². The van der Waals surface area contributed by atoms with E-state index in [0.717, 1.165) is 25.3 Å². The van der Waals surface area contributed by atoms with Crippen LogP contribution in [-0.2, 0) is 9.53 Å². The second-order valence-electron chi connectivity index (χ2n) is 5.19. The summed E-state index contributed by atoms with van der Waals surface area (Å²) in [5.41, 5.74) is -1.33. The van der Waals surface area contributed by atoms with Crippen molar-refractivity contribution in [3.63, 3.8) is 0 Å². The Hall–Kier alpha value is -1.62. The van der Waals surface area contributed by atoms with Gasteiger partial charge in [0.15, 0.2) is 0 Å². The van der Waals surface area contributed by atoms with Gasteiger partial charge in [0.2, 0.25) is 0 Å². The highest BCUT2D eigenvalue weighted by atomic mass is 35.5. The predicted molar refractivity (Wildman–Crippen MR) is 76.7 cm³/mol. The SMILES string of the molecule is COC(=O)C1(NC(=O)c2c(F)cccc2Cl)CCCCC1. The topological polar surface area (TPSA) is 55.4 Å². The van der Waals surface area contributed by atoms with Gasteiger partial charge in [-0.15, -0.1) is 0 Å². The molecule has 1 fully saturated rings. The molecule has 0 heterocycles. The molecule has 0 spiro atoms. The van der Waals surface area contributed by atoms with Gasteiger partial charge in [-0.3, -0.25) is 4.79 Å². The van der Waals surface area contributed by atoms with E-state index >= 15 is 0 Å². The molecule has 1 aliphatic rings. The first kappa shape index (κ1) is 15.8. The molecule has 0 bridgehead atoms. The summed E-state index contributed by atoms with van der Waals surface area (Å²) in [5, 5.41) is 2.66. The molecule has 0 unspecified atom stereocenters. The van der Waals surface area contributed by atoms with Gasteiger partial charge >= 0.3 is 5.97 Å². The number of carbonyl (C=O) groups is 2. The molecular formula is C15H17ClFNO3. The minimum absolute atomic E-state index is 0.0170. The van der Waals surface area contributed by atoms with Crippen LogP contribution in [-0.4, -0.2) is 24.5 Å². The number of methoxy groups -OCH3 is 1. The molecule has 1 amide bonds. The fourth-order valence-electron chi connectivity index (χ4n) is 2.73. The Kier molecular flexibility index (Phi) is 4.83. The van der Waals surface area contributed by atoms with E-state index in [2.05, 4.69) is 5.32 Å². The van der Waals surface area contributed by atoms with Crippen LogP contribution in [0.25, 0.3) is 0 Å². The van der Waals surface area contributed by atoms with Gasteiger partial charge in [0.25, 0.3) is 5.91 Å². The summed E-state index contributed by atoms with van der Waals surface area (Å²) in [4.78, 5) is 24.4. The molecule has 2 rings (SSSR count). The van der Waals surface area contributed by atoms with Gasteiger partial charge in [-0.25, -0.2) is 9.18 Å². The molecule has 0 saturated heterocycles. The van der Waals surface area contributed by atoms with E-state index in [-0.39, 0.29) is 10.6 Å². The molecule has 21 heavy (non-hydrogen) atoms. The van der Waals surface area contributed by atoms with Crippen molar-refractivity contribution in [1.29, 1.82) is 0 Å². The van der Waals surface area contributed by atoms with Crippen LogP contribution in [0.3, 0.4) is 0 Å². The molecule has 0 radical (unpaired) electrons. The smallest absolute Gasteiger partial charge is 0.331 e. The summed E-state index contributed by atoms with van der Waals surface area (Å²) in [5.74, 6) is -1.90. The zero-order valence-electron chi connectivity index (χ0n) is 11.7. The molecule has 0 atom stereocenters. The van der Waals surface area contributed by atoms with Crippen molar-refractivity contribution in [2.24, 2.45) is 0 Å². The number of halogens is 2. The lowest BCUT2D eigenvalue weighted by Gasteiger charge is -2.35. The summed E-state index contributed by atoms with van der Waals surface area (Å²) >= 11 is 5.88. The van der Waals surface area contributed by atoms with Crippen molar-refractivity contribution in [1.82, 2.24) is 5.32 Å². The van der Waals surface area contributed by atoms with Gasteiger partial charge in [0.1, 0.15) is 11.4 Å². The second-order valence-corrected chi connectivity index (χ2v) is 5.59. The number of esters is 1. The number of amides is 1. The van der Waals surface area contributed by atoms with Crippen LogP contribution >= 0.6 is 11.6 Å². The number of hydrogen-bond acceptors (Lipinski definition) is 3. The van der Waals surface area contributed by atoms with Crippen LogP contribution in [0.4, 0.5) is 4.39 Å². The maximum Gasteiger partial charge on any atom is 0.331 e. The highest BCUT2D eigenvalue weighted by molar-refractivity contribution is 6.33. The Morgan fingerprint density at radius 2 is 1.95 bits per heavy atom. The van der Waals surface area contributed by atoms with Gasteiger partial charge in [-0.1, -0.05) is 36.9 Å². The normalized spacial score (nSPS) is 17.1. The van der Waals surface area contributed by atoms with E-state index in [1.165, 1.54) is 19.2 Å². The third-order valence-electron chi connectivity index (χ3n) is 3.83. The average molecular weight is 314 g/mol. The van der Waals surface area contributed by atoms with E-state index in [0.29, 0.717) is 12.8 Å². The highest BCUT2D eigenvalue weighted by Crippen LogP contribution is 2.30. The van der Waals surface area contributed by atoms with E-state index in [1.807, 2.05) is 0 Å². The van der Waals surface area contributed by atoms with Crippen molar-refractivity contribution in [2.45, 2.75) is 37.6 Å². The fraction of sp³-hybridized carbons (Fsp3) is 0.467. The standard InChI is InChI=1S/C15H17ClFNO3/c1-21-14(20)15(8-3-2-4-9-15)18-13(19)12-10(16)6-5-7-11(12)17/h5-7H,2-4,8-9H2,1H3,(H,18,19). The molecule has 4 nitrogen and oxygen atoms in total. The Morgan fingerprint density at radius 3 is 2.52 bits per heavy atom. The number of rotatable bonds is 3. The Bertz CT molecular complexity index is 536. The van der Waals surface area contributed by atoms with Crippen LogP contribution in [0, 0.1) is 5.82 Å². The number of ether oxygens (including phenoxy) is 1. The monoisotopic (exact) mass is 313 g/mol. The zero-order chi connectivity index (χ0) is 15.5. The predicted octanol–water partition coefficient (Wildman–Crippen LogP) is 3.08. The van der Waals surface area contributed by atoms with Crippen LogP contribution in [0.15, 0.2) is 18.2 Å². The molecule has 1 saturated carbocycles. The molecule has 1 aromatic rings. The van der Waals surface area contributed by atoms with Crippen molar-refractivity contribution in [3.05, 3.63) is 34.6 Å². The van der Waals surface area contributed by atoms with E-state index in [4.69, 9.17) is 16.3 Å². The van der Waals surface area contributed by atoms with Gasteiger partial charge in [-0.2, -0.15) is 0 Å². The molecule has 1 aliphatic carbocycles. The quantitative estimate of drug-likeness (QED) is 0.872. The van der Waals surface area contributed by atoms with E-state index in [9.17, 15) is 14.0 Å². The number of nitrogens with one attached hydrogen (secondary N) is 1. The molecular weight excluding hydrogens is 297 g/mol. The highest BCUT2D eigenvalue weighted by Gasteiger charge is 2.42. The molecule has 0 aliphatic heterocycles. The summed E-state index contributed by atoms with van der Waals surface area (Å²) in [6.45, 7) is 0. The third-order valence-corrected chi connectivity index (χ3v) is 4.14. The van der Waals surface area contributed by atoms with Gasteiger partial charge in [0.05, 0.1) is 17.7 Å². The largest absolute Gasteiger partial charge is 0.467 e. The third kappa shape index (κ3) is 3.18. The van der Waals surface area contributed by atoms with Crippen LogP contribution in [0.2, 0.25) is 5.02 Å². The minimum Gasteiger partial charge on any atom is -0.467 e. The maximum absolute atomic E-state index is 13.8. The Balaban J connectivity index is 2.28. The Morgan fingerprint density at radius 1 is 1.29 bits per heavy atom. The zero-order valence-corrected chi connectivity index (χ0v) is 12.5. The lowest BCUT2D eigenvalue weighted by Crippen LogP contribution is -2.56. The lowest BCUT2D eigenvalue weighted by atomic mass is 9.81. The lowest BCUT2D eigenvalue weighted by molar-refractivity contribution is -0.149. The first-order valence-electron chi connectivity index (χ1n) is 6.85. The van der Waals surface area contributed by atoms with Crippen LogP contribution in [0.1, 0.15) is 42.5 Å². The molecule has 6 heteroatoms. The summed E-state index contributed by atoms with van der Waals surface area (Å²) in [6.07, 6.45) is 3.57. The van der Waals surface area contributed by atoms with Crippen LogP contribution < -0.4 is 5.32 Å². The average Bonchev–Trinajstić information content (AvgIpc) is 2.47. The van der Waals surface area contributed by atoms with E-state index in [1.54, 1.807) is 0 Å². The second kappa shape index (κ2) is 6.43. The maximum atomic E-state index is 13.8. The fourth-order valence-corrected chi connectivity index (χ4v) is 2.97. The van der Waals surface area contributed by atoms with Crippen molar-refractivity contribution in [3.8, 4) is 0 Å². The minimum atomic E-state index is -1.09. The summed E-state index contributed by atoms with van der Waals surface area (Å²) in [7, 11) is 1.28. The van der Waals surface area contributed by atoms with Crippen molar-refractivity contribution >= 4 is 23.5 Å². The van der Waals surface area contributed by atoms with Gasteiger partial charge in [0, 0.05) is 0 Å². The first-order valence-corrected chi connectivity index (χ1v) is 7.23. The molecule has 0 aromatic heterocycles. The summed E-state index contributed by atoms with van der Waals surface area (Å²) < 4.78 is 18.6. The van der Waals surface area contributed by atoms with Crippen molar-refractivity contribution < 1.29 is 18.7 Å². The van der Waals surface area contributed by atoms with Gasteiger partial charge in [-0.05, 0) is 25.0 Å². The van der Waals surface area contributed by atoms with Gasteiger partial charge < -0.3 is 10.1 Å². The number of hydrogen-bond donors (Lipinski definition) is 1. The molecule has 1 aromatic carbocycles. The van der Waals surface area contributed by atoms with E-state index < -0.39 is 23.2 Å². The van der Waals surface area contributed by atoms with Crippen molar-refractivity contribution in [2.75, 3.05) is 7.11 Å². The number of benzene rings is 1. The van der Waals surface area contributed by atoms with Crippen LogP contribution in [0.5, 0.6) is 0 Å². The first-order chi connectivity index (χ1) is 10.00. The molecule has 1 N–H and O–H groups in total. The number of carbonyl (C=O) groups excluding carboxylic acids is 2.